The maximum absolute atomic E-state index is 8.04. The molecule has 0 aromatic carbocycles. The van der Waals surface area contributed by atoms with Crippen molar-refractivity contribution in [2.45, 2.75) is 26.9 Å². The number of aromatic nitrogens is 5. The molecule has 0 aliphatic carbocycles. The normalized spacial score (nSPS) is 11.6. The third kappa shape index (κ3) is 3.68. The summed E-state index contributed by atoms with van der Waals surface area (Å²) in [5, 5.41) is 9.01. The predicted molar refractivity (Wildman–Crippen MR) is 97.7 cm³/mol. The van der Waals surface area contributed by atoms with Crippen molar-refractivity contribution in [3.63, 3.8) is 0 Å². The van der Waals surface area contributed by atoms with Crippen LogP contribution in [0.15, 0.2) is 18.7 Å². The molecule has 0 bridgehead atoms. The molecule has 0 saturated heterocycles. The monoisotopic (exact) mass is 379 g/mol. The van der Waals surface area contributed by atoms with E-state index in [1.807, 2.05) is 4.57 Å². The second-order valence-electron chi connectivity index (χ2n) is 5.65. The van der Waals surface area contributed by atoms with Gasteiger partial charge in [-0.05, 0) is 13.1 Å². The van der Waals surface area contributed by atoms with Crippen LogP contribution < -0.4 is 5.49 Å². The van der Waals surface area contributed by atoms with Gasteiger partial charge in [-0.2, -0.15) is 0 Å². The fourth-order valence-electron chi connectivity index (χ4n) is 2.64. The predicted octanol–water partition coefficient (Wildman–Crippen LogP) is 2.83. The van der Waals surface area contributed by atoms with Gasteiger partial charge in [-0.3, -0.25) is 15.3 Å². The number of hydrogen-bond donors (Lipinski definition) is 2. The van der Waals surface area contributed by atoms with Gasteiger partial charge in [0.05, 0.1) is 29.5 Å². The Hall–Kier alpha value is -1.96. The molecule has 0 fully saturated rings. The smallest absolute Gasteiger partial charge is 0.173 e. The van der Waals surface area contributed by atoms with Gasteiger partial charge in [-0.1, -0.05) is 37.0 Å². The molecule has 0 unspecified atom stereocenters. The number of hydrogen-bond acceptors (Lipinski definition) is 5. The molecule has 0 spiro atoms. The van der Waals surface area contributed by atoms with E-state index < -0.39 is 0 Å². The summed E-state index contributed by atoms with van der Waals surface area (Å²) in [6.07, 6.45) is 4.70. The summed E-state index contributed by atoms with van der Waals surface area (Å²) in [7, 11) is 0. The molecular formula is C16H19Cl2N7. The van der Waals surface area contributed by atoms with Crippen LogP contribution >= 0.6 is 23.2 Å². The van der Waals surface area contributed by atoms with Crippen LogP contribution in [0.3, 0.4) is 0 Å². The van der Waals surface area contributed by atoms with Gasteiger partial charge in [0.25, 0.3) is 0 Å². The lowest BCUT2D eigenvalue weighted by atomic mass is 10.2. The average molecular weight is 380 g/mol. The zero-order valence-corrected chi connectivity index (χ0v) is 15.6. The Morgan fingerprint density at radius 1 is 1.20 bits per heavy atom. The van der Waals surface area contributed by atoms with Gasteiger partial charge in [0.2, 0.25) is 0 Å². The first-order valence-corrected chi connectivity index (χ1v) is 8.77. The van der Waals surface area contributed by atoms with Crippen LogP contribution in [0.2, 0.25) is 10.0 Å². The van der Waals surface area contributed by atoms with Gasteiger partial charge in [-0.15, -0.1) is 0 Å². The quantitative estimate of drug-likeness (QED) is 0.689. The van der Waals surface area contributed by atoms with Crippen molar-refractivity contribution in [1.29, 1.82) is 5.41 Å². The fourth-order valence-corrected chi connectivity index (χ4v) is 3.12. The number of halogens is 2. The molecule has 0 aliphatic rings. The van der Waals surface area contributed by atoms with Crippen molar-refractivity contribution < 1.29 is 0 Å². The molecule has 25 heavy (non-hydrogen) atoms. The van der Waals surface area contributed by atoms with E-state index >= 15 is 0 Å². The minimum Gasteiger partial charge on any atom is -0.336 e. The van der Waals surface area contributed by atoms with Gasteiger partial charge in [0, 0.05) is 18.0 Å². The summed E-state index contributed by atoms with van der Waals surface area (Å²) < 4.78 is 1.84. The highest BCUT2D eigenvalue weighted by molar-refractivity contribution is 6.35. The number of pyridine rings is 1. The van der Waals surface area contributed by atoms with Gasteiger partial charge < -0.3 is 9.55 Å². The van der Waals surface area contributed by atoms with Crippen LogP contribution in [0.4, 0.5) is 0 Å². The third-order valence-electron chi connectivity index (χ3n) is 4.12. The summed E-state index contributed by atoms with van der Waals surface area (Å²) in [5.41, 5.74) is 2.17. The number of H-pyrrole nitrogens is 1. The highest BCUT2D eigenvalue weighted by Crippen LogP contribution is 2.24. The average Bonchev–Trinajstić information content (AvgIpc) is 3.03. The fraction of sp³-hybridized carbons (Fsp3) is 0.375. The molecule has 3 heterocycles. The number of nitrogens with one attached hydrogen (secondary N) is 2. The molecule has 0 amide bonds. The van der Waals surface area contributed by atoms with Crippen molar-refractivity contribution in [2.24, 2.45) is 0 Å². The standard InChI is InChI=1S/C16H19Cl2N7/c1-3-24(4-2)8-13-22-14-15(19)21-9-25(16(14)23-13)7-10-11(17)5-20-6-12(10)18/h5-6,9,19H,3-4,7-8H2,1-2H3,(H,22,23). The molecule has 3 aromatic heterocycles. The third-order valence-corrected chi connectivity index (χ3v) is 4.77. The molecule has 2 N–H and O–H groups in total. The summed E-state index contributed by atoms with van der Waals surface area (Å²) >= 11 is 12.4. The Balaban J connectivity index is 2.03. The second kappa shape index (κ2) is 7.51. The Kier molecular flexibility index (Phi) is 5.36. The molecule has 0 aliphatic heterocycles. The summed E-state index contributed by atoms with van der Waals surface area (Å²) in [5.74, 6) is 0.806. The number of rotatable bonds is 6. The van der Waals surface area contributed by atoms with Crippen molar-refractivity contribution in [1.82, 2.24) is 29.4 Å². The number of aromatic amines is 1. The maximum Gasteiger partial charge on any atom is 0.173 e. The van der Waals surface area contributed by atoms with Crippen molar-refractivity contribution in [2.75, 3.05) is 13.1 Å². The zero-order valence-electron chi connectivity index (χ0n) is 14.1. The summed E-state index contributed by atoms with van der Waals surface area (Å²) in [4.78, 5) is 18.2. The minimum atomic E-state index is 0.163. The van der Waals surface area contributed by atoms with E-state index in [1.165, 1.54) is 0 Å². The van der Waals surface area contributed by atoms with E-state index in [0.717, 1.165) is 24.5 Å². The lowest BCUT2D eigenvalue weighted by Crippen LogP contribution is -2.22. The van der Waals surface area contributed by atoms with E-state index in [1.54, 1.807) is 18.7 Å². The highest BCUT2D eigenvalue weighted by atomic mass is 35.5. The van der Waals surface area contributed by atoms with Crippen LogP contribution in [0.5, 0.6) is 0 Å². The Labute approximate surface area is 155 Å². The van der Waals surface area contributed by atoms with Crippen molar-refractivity contribution in [3.8, 4) is 0 Å². The van der Waals surface area contributed by atoms with Gasteiger partial charge in [-0.25, -0.2) is 9.97 Å². The molecule has 7 nitrogen and oxygen atoms in total. The lowest BCUT2D eigenvalue weighted by Gasteiger charge is -2.15. The van der Waals surface area contributed by atoms with Crippen LogP contribution in [0.25, 0.3) is 11.2 Å². The Morgan fingerprint density at radius 3 is 2.52 bits per heavy atom. The molecule has 0 atom stereocenters. The first-order chi connectivity index (χ1) is 12.0. The van der Waals surface area contributed by atoms with Gasteiger partial charge in [0.15, 0.2) is 11.1 Å². The first kappa shape index (κ1) is 17.8. The van der Waals surface area contributed by atoms with Crippen LogP contribution in [0.1, 0.15) is 25.2 Å². The van der Waals surface area contributed by atoms with E-state index in [-0.39, 0.29) is 5.49 Å². The molecule has 0 radical (unpaired) electrons. The van der Waals surface area contributed by atoms with E-state index in [9.17, 15) is 0 Å². The number of imidazole rings is 1. The summed E-state index contributed by atoms with van der Waals surface area (Å²) in [6.45, 7) is 7.18. The van der Waals surface area contributed by atoms with E-state index in [4.69, 9.17) is 28.6 Å². The van der Waals surface area contributed by atoms with Gasteiger partial charge >= 0.3 is 0 Å². The van der Waals surface area contributed by atoms with Crippen molar-refractivity contribution >= 4 is 34.4 Å². The van der Waals surface area contributed by atoms with Gasteiger partial charge in [0.1, 0.15) is 11.3 Å². The molecule has 9 heteroatoms. The van der Waals surface area contributed by atoms with E-state index in [0.29, 0.717) is 34.3 Å². The molecule has 132 valence electrons. The molecular weight excluding hydrogens is 361 g/mol. The summed E-state index contributed by atoms with van der Waals surface area (Å²) in [6, 6.07) is 0. The largest absolute Gasteiger partial charge is 0.336 e. The molecule has 3 rings (SSSR count). The Bertz CT molecular complexity index is 923. The van der Waals surface area contributed by atoms with Crippen LogP contribution in [-0.2, 0) is 13.1 Å². The highest BCUT2D eigenvalue weighted by Gasteiger charge is 2.13. The lowest BCUT2D eigenvalue weighted by molar-refractivity contribution is 0.289. The second-order valence-corrected chi connectivity index (χ2v) is 6.46. The first-order valence-electron chi connectivity index (χ1n) is 8.02. The van der Waals surface area contributed by atoms with Crippen molar-refractivity contribution in [3.05, 3.63) is 45.6 Å². The topological polar surface area (TPSA) is 86.5 Å². The van der Waals surface area contributed by atoms with E-state index in [2.05, 4.69) is 38.7 Å². The van der Waals surface area contributed by atoms with Crippen LogP contribution in [-0.4, -0.2) is 42.5 Å². The Morgan fingerprint density at radius 2 is 1.88 bits per heavy atom. The SMILES string of the molecule is CCN(CC)Cc1nc2c([nH]1)c(=N)ncn2Cc1c(Cl)cncc1Cl. The zero-order chi connectivity index (χ0) is 18.0. The van der Waals surface area contributed by atoms with Crippen LogP contribution in [0, 0.1) is 5.41 Å². The maximum atomic E-state index is 8.04. The molecule has 0 saturated carbocycles. The minimum absolute atomic E-state index is 0.163. The molecule has 3 aromatic rings. The number of nitrogens with zero attached hydrogens (tertiary/aromatic N) is 5. The number of fused-ring (bicyclic) bond motifs is 1.